The number of methoxy groups -OCH3 is 1. The average molecular weight is 276 g/mol. The van der Waals surface area contributed by atoms with Crippen LogP contribution in [0.15, 0.2) is 24.3 Å². The van der Waals surface area contributed by atoms with E-state index >= 15 is 0 Å². The molecular weight excluding hydrogens is 252 g/mol. The van der Waals surface area contributed by atoms with Gasteiger partial charge >= 0.3 is 0 Å². The number of likely N-dealkylation sites (N-methyl/N-ethyl adjacent to an activating group) is 1. The topological polar surface area (TPSA) is 50.4 Å². The van der Waals surface area contributed by atoms with Crippen molar-refractivity contribution in [2.75, 3.05) is 25.6 Å². The van der Waals surface area contributed by atoms with Crippen LogP contribution in [0.25, 0.3) is 0 Å². The maximum Gasteiger partial charge on any atom is 0.224 e. The lowest BCUT2D eigenvalue weighted by molar-refractivity contribution is -0.120. The highest BCUT2D eigenvalue weighted by atomic mass is 16.5. The molecule has 1 aromatic carbocycles. The molecule has 20 heavy (non-hydrogen) atoms. The fraction of sp³-hybridized carbons (Fsp3) is 0.562. The van der Waals surface area contributed by atoms with Crippen LogP contribution in [0.5, 0.6) is 0 Å². The molecule has 0 aliphatic heterocycles. The summed E-state index contributed by atoms with van der Waals surface area (Å²) in [4.78, 5) is 11.5. The van der Waals surface area contributed by atoms with Gasteiger partial charge in [-0.15, -0.1) is 0 Å². The number of benzene rings is 1. The minimum atomic E-state index is 0.0726. The van der Waals surface area contributed by atoms with Gasteiger partial charge in [-0.05, 0) is 43.4 Å². The van der Waals surface area contributed by atoms with Gasteiger partial charge in [0.15, 0.2) is 0 Å². The highest BCUT2D eigenvalue weighted by Gasteiger charge is 2.30. The smallest absolute Gasteiger partial charge is 0.224 e. The van der Waals surface area contributed by atoms with E-state index in [0.29, 0.717) is 19.0 Å². The van der Waals surface area contributed by atoms with Crippen molar-refractivity contribution in [1.82, 2.24) is 5.32 Å². The number of hydrogen-bond acceptors (Lipinski definition) is 3. The van der Waals surface area contributed by atoms with Crippen molar-refractivity contribution in [1.29, 1.82) is 0 Å². The van der Waals surface area contributed by atoms with Crippen LogP contribution in [0.1, 0.15) is 25.3 Å². The molecule has 4 nitrogen and oxygen atoms in total. The molecule has 1 amide bonds. The minimum absolute atomic E-state index is 0.0726. The Kier molecular flexibility index (Phi) is 5.41. The van der Waals surface area contributed by atoms with Gasteiger partial charge in [-0.2, -0.15) is 0 Å². The molecule has 1 aliphatic rings. The number of nitrogens with one attached hydrogen (secondary N) is 2. The number of hydrogen-bond donors (Lipinski definition) is 2. The zero-order valence-corrected chi connectivity index (χ0v) is 12.3. The van der Waals surface area contributed by atoms with Gasteiger partial charge in [-0.25, -0.2) is 0 Å². The molecule has 0 saturated heterocycles. The second-order valence-corrected chi connectivity index (χ2v) is 5.37. The van der Waals surface area contributed by atoms with Gasteiger partial charge in [-0.1, -0.05) is 12.1 Å². The van der Waals surface area contributed by atoms with E-state index in [2.05, 4.69) is 10.6 Å². The van der Waals surface area contributed by atoms with Crippen molar-refractivity contribution in [2.24, 2.45) is 5.92 Å². The standard InChI is InChI=1S/C16H24N2O2/c1-3-17-16(19)10-12-4-8-14(9-5-12)18-15(11-20-2)13-6-7-13/h4-5,8-9,13,15,18H,3,6-7,10-11H2,1-2H3,(H,17,19). The lowest BCUT2D eigenvalue weighted by Crippen LogP contribution is -2.27. The van der Waals surface area contributed by atoms with Crippen molar-refractivity contribution < 1.29 is 9.53 Å². The molecular formula is C16H24N2O2. The van der Waals surface area contributed by atoms with Crippen LogP contribution in [0, 0.1) is 5.92 Å². The first-order valence-electron chi connectivity index (χ1n) is 7.34. The van der Waals surface area contributed by atoms with E-state index in [9.17, 15) is 4.79 Å². The summed E-state index contributed by atoms with van der Waals surface area (Å²) < 4.78 is 5.27. The van der Waals surface area contributed by atoms with Crippen molar-refractivity contribution >= 4 is 11.6 Å². The Morgan fingerprint density at radius 1 is 1.35 bits per heavy atom. The summed E-state index contributed by atoms with van der Waals surface area (Å²) in [6.45, 7) is 3.35. The van der Waals surface area contributed by atoms with Gasteiger partial charge in [0.05, 0.1) is 19.1 Å². The predicted octanol–water partition coefficient (Wildman–Crippen LogP) is 2.20. The SMILES string of the molecule is CCNC(=O)Cc1ccc(NC(COC)C2CC2)cc1. The summed E-state index contributed by atoms with van der Waals surface area (Å²) in [5.41, 5.74) is 2.13. The van der Waals surface area contributed by atoms with Gasteiger partial charge in [0.1, 0.15) is 0 Å². The number of amides is 1. The molecule has 0 spiro atoms. The summed E-state index contributed by atoms with van der Waals surface area (Å²) in [6, 6.07) is 8.50. The van der Waals surface area contributed by atoms with E-state index in [1.807, 2.05) is 31.2 Å². The van der Waals surface area contributed by atoms with E-state index in [0.717, 1.165) is 23.8 Å². The first-order chi connectivity index (χ1) is 9.72. The summed E-state index contributed by atoms with van der Waals surface area (Å²) in [7, 11) is 1.74. The number of carbonyl (C=O) groups is 1. The predicted molar refractivity (Wildman–Crippen MR) is 80.8 cm³/mol. The Labute approximate surface area is 120 Å². The third kappa shape index (κ3) is 4.53. The van der Waals surface area contributed by atoms with Gasteiger partial charge in [0.2, 0.25) is 5.91 Å². The van der Waals surface area contributed by atoms with E-state index < -0.39 is 0 Å². The molecule has 2 rings (SSSR count). The number of carbonyl (C=O) groups excluding carboxylic acids is 1. The zero-order chi connectivity index (χ0) is 14.4. The quantitative estimate of drug-likeness (QED) is 0.765. The fourth-order valence-electron chi connectivity index (χ4n) is 2.35. The van der Waals surface area contributed by atoms with Crippen molar-refractivity contribution in [3.8, 4) is 0 Å². The zero-order valence-electron chi connectivity index (χ0n) is 12.3. The normalized spacial score (nSPS) is 15.7. The summed E-state index contributed by atoms with van der Waals surface area (Å²) >= 11 is 0. The molecule has 110 valence electrons. The first kappa shape index (κ1) is 14.9. The molecule has 1 fully saturated rings. The molecule has 0 bridgehead atoms. The van der Waals surface area contributed by atoms with Gasteiger partial charge in [0.25, 0.3) is 0 Å². The van der Waals surface area contributed by atoms with Crippen molar-refractivity contribution in [3.63, 3.8) is 0 Å². The molecule has 0 radical (unpaired) electrons. The Hall–Kier alpha value is -1.55. The number of ether oxygens (including phenoxy) is 1. The number of rotatable bonds is 8. The van der Waals surface area contributed by atoms with E-state index in [4.69, 9.17) is 4.74 Å². The van der Waals surface area contributed by atoms with Gasteiger partial charge < -0.3 is 15.4 Å². The number of anilines is 1. The van der Waals surface area contributed by atoms with E-state index in [1.54, 1.807) is 7.11 Å². The Bertz CT molecular complexity index is 427. The Morgan fingerprint density at radius 2 is 2.05 bits per heavy atom. The molecule has 4 heteroatoms. The second kappa shape index (κ2) is 7.29. The van der Waals surface area contributed by atoms with E-state index in [1.165, 1.54) is 12.8 Å². The van der Waals surface area contributed by atoms with Crippen LogP contribution < -0.4 is 10.6 Å². The van der Waals surface area contributed by atoms with Crippen LogP contribution in [-0.2, 0) is 16.0 Å². The van der Waals surface area contributed by atoms with Crippen LogP contribution in [0.2, 0.25) is 0 Å². The van der Waals surface area contributed by atoms with Crippen LogP contribution in [0.4, 0.5) is 5.69 Å². The van der Waals surface area contributed by atoms with E-state index in [-0.39, 0.29) is 5.91 Å². The molecule has 0 aromatic heterocycles. The highest BCUT2D eigenvalue weighted by molar-refractivity contribution is 5.78. The van der Waals surface area contributed by atoms with Crippen molar-refractivity contribution in [3.05, 3.63) is 29.8 Å². The van der Waals surface area contributed by atoms with Gasteiger partial charge in [0, 0.05) is 19.3 Å². The molecule has 1 unspecified atom stereocenters. The highest BCUT2D eigenvalue weighted by Crippen LogP contribution is 2.34. The summed E-state index contributed by atoms with van der Waals surface area (Å²) in [6.07, 6.45) is 3.02. The third-order valence-corrected chi connectivity index (χ3v) is 3.58. The van der Waals surface area contributed by atoms with Crippen LogP contribution >= 0.6 is 0 Å². The fourth-order valence-corrected chi connectivity index (χ4v) is 2.35. The molecule has 1 atom stereocenters. The Balaban J connectivity index is 1.88. The summed E-state index contributed by atoms with van der Waals surface area (Å²) in [5.74, 6) is 0.813. The lowest BCUT2D eigenvalue weighted by Gasteiger charge is -2.18. The largest absolute Gasteiger partial charge is 0.383 e. The molecule has 1 aromatic rings. The molecule has 1 aliphatic carbocycles. The molecule has 1 saturated carbocycles. The first-order valence-corrected chi connectivity index (χ1v) is 7.34. The maximum atomic E-state index is 11.5. The second-order valence-electron chi connectivity index (χ2n) is 5.37. The maximum absolute atomic E-state index is 11.5. The minimum Gasteiger partial charge on any atom is -0.383 e. The summed E-state index contributed by atoms with van der Waals surface area (Å²) in [5, 5.41) is 6.33. The monoisotopic (exact) mass is 276 g/mol. The average Bonchev–Trinajstić information content (AvgIpc) is 3.25. The molecule has 0 heterocycles. The third-order valence-electron chi connectivity index (χ3n) is 3.58. The Morgan fingerprint density at radius 3 is 2.60 bits per heavy atom. The van der Waals surface area contributed by atoms with Crippen molar-refractivity contribution in [2.45, 2.75) is 32.2 Å². The molecule has 2 N–H and O–H groups in total. The van der Waals surface area contributed by atoms with Crippen LogP contribution in [-0.4, -0.2) is 32.2 Å². The van der Waals surface area contributed by atoms with Gasteiger partial charge in [-0.3, -0.25) is 4.79 Å². The lowest BCUT2D eigenvalue weighted by atomic mass is 10.1. The van der Waals surface area contributed by atoms with Crippen LogP contribution in [0.3, 0.4) is 0 Å².